The Morgan fingerprint density at radius 2 is 2.11 bits per heavy atom. The molecule has 7 nitrogen and oxygen atoms in total. The summed E-state index contributed by atoms with van der Waals surface area (Å²) in [6.45, 7) is 4.03. The molecule has 1 aliphatic rings. The summed E-state index contributed by atoms with van der Waals surface area (Å²) in [7, 11) is 0. The van der Waals surface area contributed by atoms with Crippen LogP contribution in [0.3, 0.4) is 0 Å². The maximum atomic E-state index is 12.0. The van der Waals surface area contributed by atoms with Crippen molar-refractivity contribution < 1.29 is 19.1 Å². The molecule has 1 aliphatic heterocycles. The fourth-order valence-corrected chi connectivity index (χ4v) is 1.50. The molecule has 7 heteroatoms. The third-order valence-corrected chi connectivity index (χ3v) is 2.45. The van der Waals surface area contributed by atoms with Crippen LogP contribution in [0.25, 0.3) is 0 Å². The Labute approximate surface area is 105 Å². The second kappa shape index (κ2) is 6.73. The van der Waals surface area contributed by atoms with Crippen molar-refractivity contribution in [1.82, 2.24) is 10.3 Å². The standard InChI is InChI=1S/C11H17N3O4/c1-3-14(7-10(16)18-4-2)11(17)8-5-6-9(15)13-12-8/h3-7H2,1-2H3,(H,13,15). The lowest BCUT2D eigenvalue weighted by atomic mass is 10.1. The topological polar surface area (TPSA) is 88.1 Å². The van der Waals surface area contributed by atoms with Gasteiger partial charge in [0.05, 0.1) is 6.61 Å². The fourth-order valence-electron chi connectivity index (χ4n) is 1.50. The molecular formula is C11H17N3O4. The van der Waals surface area contributed by atoms with Gasteiger partial charge in [-0.3, -0.25) is 14.4 Å². The van der Waals surface area contributed by atoms with E-state index in [2.05, 4.69) is 10.5 Å². The van der Waals surface area contributed by atoms with E-state index in [0.29, 0.717) is 13.0 Å². The highest BCUT2D eigenvalue weighted by Crippen LogP contribution is 2.04. The van der Waals surface area contributed by atoms with E-state index in [-0.39, 0.29) is 37.1 Å². The summed E-state index contributed by atoms with van der Waals surface area (Å²) < 4.78 is 4.79. The van der Waals surface area contributed by atoms with Gasteiger partial charge in [0.2, 0.25) is 5.91 Å². The Bertz CT molecular complexity index is 378. The van der Waals surface area contributed by atoms with Gasteiger partial charge in [-0.2, -0.15) is 5.10 Å². The molecular weight excluding hydrogens is 238 g/mol. The molecule has 0 aromatic carbocycles. The van der Waals surface area contributed by atoms with Crippen molar-refractivity contribution in [3.05, 3.63) is 0 Å². The third-order valence-electron chi connectivity index (χ3n) is 2.45. The number of nitrogens with one attached hydrogen (secondary N) is 1. The molecule has 0 aromatic heterocycles. The molecule has 1 rings (SSSR count). The van der Waals surface area contributed by atoms with E-state index in [4.69, 9.17) is 4.74 Å². The van der Waals surface area contributed by atoms with Gasteiger partial charge in [0.25, 0.3) is 5.91 Å². The highest BCUT2D eigenvalue weighted by atomic mass is 16.5. The second-order valence-electron chi connectivity index (χ2n) is 3.72. The molecule has 18 heavy (non-hydrogen) atoms. The van der Waals surface area contributed by atoms with Crippen LogP contribution in [0.5, 0.6) is 0 Å². The molecule has 0 bridgehead atoms. The van der Waals surface area contributed by atoms with Gasteiger partial charge in [0.1, 0.15) is 12.3 Å². The summed E-state index contributed by atoms with van der Waals surface area (Å²) in [6, 6.07) is 0. The monoisotopic (exact) mass is 255 g/mol. The molecule has 2 amide bonds. The number of carbonyl (C=O) groups excluding carboxylic acids is 3. The molecule has 0 aromatic rings. The van der Waals surface area contributed by atoms with Crippen molar-refractivity contribution in [2.24, 2.45) is 5.10 Å². The van der Waals surface area contributed by atoms with E-state index in [0.717, 1.165) is 0 Å². The number of likely N-dealkylation sites (N-methyl/N-ethyl adjacent to an activating group) is 1. The Morgan fingerprint density at radius 3 is 2.61 bits per heavy atom. The van der Waals surface area contributed by atoms with E-state index in [1.165, 1.54) is 4.90 Å². The van der Waals surface area contributed by atoms with Crippen LogP contribution >= 0.6 is 0 Å². The number of rotatable bonds is 5. The molecule has 0 atom stereocenters. The first-order valence-electron chi connectivity index (χ1n) is 5.88. The normalized spacial score (nSPS) is 14.6. The number of esters is 1. The van der Waals surface area contributed by atoms with Gasteiger partial charge in [-0.15, -0.1) is 0 Å². The van der Waals surface area contributed by atoms with Gasteiger partial charge in [0.15, 0.2) is 0 Å². The summed E-state index contributed by atoms with van der Waals surface area (Å²) in [5.41, 5.74) is 2.52. The maximum absolute atomic E-state index is 12.0. The van der Waals surface area contributed by atoms with Crippen LogP contribution in [0.4, 0.5) is 0 Å². The first kappa shape index (κ1) is 14.1. The van der Waals surface area contributed by atoms with Crippen molar-refractivity contribution in [3.8, 4) is 0 Å². The van der Waals surface area contributed by atoms with Crippen LogP contribution in [-0.2, 0) is 19.1 Å². The fraction of sp³-hybridized carbons (Fsp3) is 0.636. The lowest BCUT2D eigenvalue weighted by Gasteiger charge is -2.21. The Morgan fingerprint density at radius 1 is 1.39 bits per heavy atom. The summed E-state index contributed by atoms with van der Waals surface area (Å²) in [4.78, 5) is 35.6. The smallest absolute Gasteiger partial charge is 0.325 e. The minimum absolute atomic E-state index is 0.101. The van der Waals surface area contributed by atoms with Crippen LogP contribution in [0, 0.1) is 0 Å². The van der Waals surface area contributed by atoms with Crippen LogP contribution in [0.1, 0.15) is 26.7 Å². The molecule has 0 aliphatic carbocycles. The first-order chi connectivity index (χ1) is 8.58. The van der Waals surface area contributed by atoms with Crippen molar-refractivity contribution in [1.29, 1.82) is 0 Å². The quantitative estimate of drug-likeness (QED) is 0.681. The molecule has 0 saturated carbocycles. The maximum Gasteiger partial charge on any atom is 0.325 e. The predicted octanol–water partition coefficient (Wildman–Crippen LogP) is -0.336. The largest absolute Gasteiger partial charge is 0.465 e. The van der Waals surface area contributed by atoms with Crippen LogP contribution in [-0.4, -0.2) is 48.1 Å². The van der Waals surface area contributed by atoms with Crippen molar-refractivity contribution in [2.45, 2.75) is 26.7 Å². The third kappa shape index (κ3) is 3.83. The molecule has 0 unspecified atom stereocenters. The minimum Gasteiger partial charge on any atom is -0.465 e. The average molecular weight is 255 g/mol. The average Bonchev–Trinajstić information content (AvgIpc) is 2.36. The Balaban J connectivity index is 2.62. The summed E-state index contributed by atoms with van der Waals surface area (Å²) in [5, 5.41) is 3.71. The highest BCUT2D eigenvalue weighted by molar-refractivity contribution is 6.39. The number of hydrazone groups is 1. The molecule has 0 spiro atoms. The number of ether oxygens (including phenoxy) is 1. The molecule has 0 saturated heterocycles. The highest BCUT2D eigenvalue weighted by Gasteiger charge is 2.24. The lowest BCUT2D eigenvalue weighted by molar-refractivity contribution is -0.147. The predicted molar refractivity (Wildman–Crippen MR) is 63.7 cm³/mol. The van der Waals surface area contributed by atoms with Crippen molar-refractivity contribution >= 4 is 23.5 Å². The summed E-state index contributed by atoms with van der Waals surface area (Å²) in [5.74, 6) is -1.00. The van der Waals surface area contributed by atoms with Crippen molar-refractivity contribution in [2.75, 3.05) is 19.7 Å². The minimum atomic E-state index is -0.451. The zero-order valence-electron chi connectivity index (χ0n) is 10.6. The molecule has 0 fully saturated rings. The van der Waals surface area contributed by atoms with Gasteiger partial charge in [0, 0.05) is 19.4 Å². The van der Waals surface area contributed by atoms with Gasteiger partial charge in [-0.05, 0) is 13.8 Å². The van der Waals surface area contributed by atoms with Gasteiger partial charge >= 0.3 is 5.97 Å². The summed E-state index contributed by atoms with van der Waals surface area (Å²) in [6.07, 6.45) is 0.533. The Hall–Kier alpha value is -1.92. The SMILES string of the molecule is CCOC(=O)CN(CC)C(=O)C1=NNC(=O)CC1. The van der Waals surface area contributed by atoms with E-state index in [1.807, 2.05) is 0 Å². The zero-order valence-corrected chi connectivity index (χ0v) is 10.6. The zero-order chi connectivity index (χ0) is 13.5. The molecule has 1 heterocycles. The van der Waals surface area contributed by atoms with E-state index in [1.54, 1.807) is 13.8 Å². The second-order valence-corrected chi connectivity index (χ2v) is 3.72. The van der Waals surface area contributed by atoms with Crippen LogP contribution < -0.4 is 5.43 Å². The van der Waals surface area contributed by atoms with E-state index < -0.39 is 5.97 Å². The summed E-state index contributed by atoms with van der Waals surface area (Å²) >= 11 is 0. The van der Waals surface area contributed by atoms with Gasteiger partial charge < -0.3 is 9.64 Å². The van der Waals surface area contributed by atoms with Crippen LogP contribution in [0.15, 0.2) is 5.10 Å². The number of carbonyl (C=O) groups is 3. The van der Waals surface area contributed by atoms with Crippen LogP contribution in [0.2, 0.25) is 0 Å². The molecule has 1 N–H and O–H groups in total. The number of hydrogen-bond donors (Lipinski definition) is 1. The lowest BCUT2D eigenvalue weighted by Crippen LogP contribution is -2.42. The number of nitrogens with zero attached hydrogens (tertiary/aromatic N) is 2. The molecule has 100 valence electrons. The van der Waals surface area contributed by atoms with Gasteiger partial charge in [-0.25, -0.2) is 5.43 Å². The van der Waals surface area contributed by atoms with Crippen molar-refractivity contribution in [3.63, 3.8) is 0 Å². The Kier molecular flexibility index (Phi) is 5.29. The first-order valence-corrected chi connectivity index (χ1v) is 5.88. The molecule has 0 radical (unpaired) electrons. The number of hydrogen-bond acceptors (Lipinski definition) is 5. The van der Waals surface area contributed by atoms with Gasteiger partial charge in [-0.1, -0.05) is 0 Å². The van der Waals surface area contributed by atoms with E-state index in [9.17, 15) is 14.4 Å². The number of amides is 2. The van der Waals surface area contributed by atoms with E-state index >= 15 is 0 Å².